The van der Waals surface area contributed by atoms with Crippen molar-refractivity contribution in [2.24, 2.45) is 0 Å². The van der Waals surface area contributed by atoms with Gasteiger partial charge in [0.15, 0.2) is 0 Å². The van der Waals surface area contributed by atoms with Crippen LogP contribution in [0.1, 0.15) is 34.6 Å². The van der Waals surface area contributed by atoms with Crippen LogP contribution in [0, 0.1) is 0 Å². The van der Waals surface area contributed by atoms with Crippen LogP contribution in [0.2, 0.25) is 0 Å². The molecule has 3 rings (SSSR count). The van der Waals surface area contributed by atoms with E-state index in [9.17, 15) is 9.59 Å². The van der Waals surface area contributed by atoms with Gasteiger partial charge in [0.2, 0.25) is 0 Å². The first-order valence-corrected chi connectivity index (χ1v) is 9.98. The lowest BCUT2D eigenvalue weighted by molar-refractivity contribution is 0.0303. The maximum atomic E-state index is 12.7. The fourth-order valence-corrected chi connectivity index (χ4v) is 3.24. The molecule has 0 radical (unpaired) electrons. The summed E-state index contributed by atoms with van der Waals surface area (Å²) >= 11 is 3.39. The van der Waals surface area contributed by atoms with Crippen LogP contribution in [0.25, 0.3) is 0 Å². The summed E-state index contributed by atoms with van der Waals surface area (Å²) in [5.74, 6) is 0.222. The lowest BCUT2D eigenvalue weighted by atomic mass is 10.1. The van der Waals surface area contributed by atoms with Crippen LogP contribution < -0.4 is 10.1 Å². The Morgan fingerprint density at radius 2 is 1.79 bits per heavy atom. The van der Waals surface area contributed by atoms with E-state index in [-0.39, 0.29) is 17.9 Å². The molecule has 7 heteroatoms. The molecule has 1 fully saturated rings. The number of anilines is 1. The van der Waals surface area contributed by atoms with Gasteiger partial charge in [0.25, 0.3) is 11.8 Å². The van der Waals surface area contributed by atoms with Crippen LogP contribution in [0.15, 0.2) is 46.9 Å². The zero-order valence-corrected chi connectivity index (χ0v) is 17.5. The minimum Gasteiger partial charge on any atom is -0.490 e. The number of rotatable bonds is 5. The number of morpholine rings is 1. The molecule has 1 saturated heterocycles. The molecule has 148 valence electrons. The van der Waals surface area contributed by atoms with Gasteiger partial charge in [0.05, 0.1) is 24.9 Å². The fourth-order valence-electron chi connectivity index (χ4n) is 2.88. The van der Waals surface area contributed by atoms with Crippen LogP contribution in [0.4, 0.5) is 5.69 Å². The Hall–Kier alpha value is -2.38. The Bertz CT molecular complexity index is 846. The van der Waals surface area contributed by atoms with Gasteiger partial charge < -0.3 is 19.7 Å². The monoisotopic (exact) mass is 446 g/mol. The lowest BCUT2D eigenvalue weighted by Crippen LogP contribution is -2.40. The highest BCUT2D eigenvalue weighted by molar-refractivity contribution is 9.10. The molecule has 1 N–H and O–H groups in total. The van der Waals surface area contributed by atoms with Crippen molar-refractivity contribution in [3.63, 3.8) is 0 Å². The number of nitrogens with one attached hydrogen (secondary N) is 1. The second-order valence-electron chi connectivity index (χ2n) is 6.74. The average molecular weight is 447 g/mol. The topological polar surface area (TPSA) is 67.9 Å². The summed E-state index contributed by atoms with van der Waals surface area (Å²) in [7, 11) is 0. The smallest absolute Gasteiger partial charge is 0.259 e. The molecule has 1 heterocycles. The highest BCUT2D eigenvalue weighted by Gasteiger charge is 2.19. The second kappa shape index (κ2) is 9.21. The quantitative estimate of drug-likeness (QED) is 0.754. The molecule has 0 unspecified atom stereocenters. The first-order valence-electron chi connectivity index (χ1n) is 9.18. The summed E-state index contributed by atoms with van der Waals surface area (Å²) in [5, 5.41) is 2.86. The number of hydrogen-bond acceptors (Lipinski definition) is 4. The molecule has 2 aromatic carbocycles. The number of ether oxygens (including phenoxy) is 2. The van der Waals surface area contributed by atoms with E-state index in [1.165, 1.54) is 0 Å². The first-order chi connectivity index (χ1) is 13.4. The number of amides is 2. The predicted molar refractivity (Wildman–Crippen MR) is 111 cm³/mol. The van der Waals surface area contributed by atoms with Gasteiger partial charge in [-0.1, -0.05) is 15.9 Å². The number of carbonyl (C=O) groups excluding carboxylic acids is 2. The Morgan fingerprint density at radius 3 is 2.43 bits per heavy atom. The van der Waals surface area contributed by atoms with E-state index in [2.05, 4.69) is 21.2 Å². The molecular formula is C21H23BrN2O4. The summed E-state index contributed by atoms with van der Waals surface area (Å²) in [6.07, 6.45) is -0.0433. The Balaban J connectivity index is 1.71. The summed E-state index contributed by atoms with van der Waals surface area (Å²) in [5.41, 5.74) is 1.64. The number of halogens is 1. The van der Waals surface area contributed by atoms with Gasteiger partial charge in [0.1, 0.15) is 5.75 Å². The van der Waals surface area contributed by atoms with Crippen LogP contribution in [0.5, 0.6) is 5.75 Å². The third kappa shape index (κ3) is 5.11. The summed E-state index contributed by atoms with van der Waals surface area (Å²) in [6.45, 7) is 6.14. The molecule has 1 aliphatic rings. The van der Waals surface area contributed by atoms with Crippen molar-refractivity contribution in [1.82, 2.24) is 4.90 Å². The maximum Gasteiger partial charge on any atom is 0.259 e. The zero-order valence-electron chi connectivity index (χ0n) is 15.9. The Kier molecular flexibility index (Phi) is 6.70. The van der Waals surface area contributed by atoms with Crippen molar-refractivity contribution >= 4 is 33.4 Å². The Labute approximate surface area is 172 Å². The van der Waals surface area contributed by atoms with E-state index < -0.39 is 0 Å². The predicted octanol–water partition coefficient (Wildman–Crippen LogP) is 3.96. The van der Waals surface area contributed by atoms with Crippen LogP contribution in [-0.4, -0.2) is 49.1 Å². The van der Waals surface area contributed by atoms with Gasteiger partial charge in [-0.2, -0.15) is 0 Å². The van der Waals surface area contributed by atoms with E-state index in [1.54, 1.807) is 41.3 Å². The second-order valence-corrected chi connectivity index (χ2v) is 7.66. The molecule has 0 atom stereocenters. The molecule has 1 aliphatic heterocycles. The lowest BCUT2D eigenvalue weighted by Gasteiger charge is -2.26. The van der Waals surface area contributed by atoms with Crippen molar-refractivity contribution in [3.05, 3.63) is 58.1 Å². The fraction of sp³-hybridized carbons (Fsp3) is 0.333. The molecule has 28 heavy (non-hydrogen) atoms. The standard InChI is InChI=1S/C21H23BrN2O4/c1-14(2)28-19-8-5-16(22)13-18(19)20(25)23-17-6-3-15(4-7-17)21(26)24-9-11-27-12-10-24/h3-8,13-14H,9-12H2,1-2H3,(H,23,25). The third-order valence-electron chi connectivity index (χ3n) is 4.24. The largest absolute Gasteiger partial charge is 0.490 e. The third-order valence-corrected chi connectivity index (χ3v) is 4.73. The molecule has 0 bridgehead atoms. The maximum absolute atomic E-state index is 12.7. The summed E-state index contributed by atoms with van der Waals surface area (Å²) in [6, 6.07) is 12.2. The number of carbonyl (C=O) groups is 2. The van der Waals surface area contributed by atoms with Crippen LogP contribution >= 0.6 is 15.9 Å². The minimum atomic E-state index is -0.274. The summed E-state index contributed by atoms with van der Waals surface area (Å²) in [4.78, 5) is 27.0. The first kappa shape index (κ1) is 20.4. The summed E-state index contributed by atoms with van der Waals surface area (Å²) < 4.78 is 11.8. The molecule has 2 aromatic rings. The SMILES string of the molecule is CC(C)Oc1ccc(Br)cc1C(=O)Nc1ccc(C(=O)N2CCOCC2)cc1. The Morgan fingerprint density at radius 1 is 1.11 bits per heavy atom. The number of nitrogens with zero attached hydrogens (tertiary/aromatic N) is 1. The highest BCUT2D eigenvalue weighted by atomic mass is 79.9. The number of hydrogen-bond donors (Lipinski definition) is 1. The van der Waals surface area contributed by atoms with E-state index in [4.69, 9.17) is 9.47 Å². The normalized spacial score (nSPS) is 14.1. The van der Waals surface area contributed by atoms with Crippen molar-refractivity contribution in [2.45, 2.75) is 20.0 Å². The highest BCUT2D eigenvalue weighted by Crippen LogP contribution is 2.25. The van der Waals surface area contributed by atoms with Crippen molar-refractivity contribution in [2.75, 3.05) is 31.6 Å². The van der Waals surface area contributed by atoms with E-state index in [0.717, 1.165) is 4.47 Å². The zero-order chi connectivity index (χ0) is 20.1. The van der Waals surface area contributed by atoms with Crippen LogP contribution in [0.3, 0.4) is 0 Å². The van der Waals surface area contributed by atoms with E-state index in [0.29, 0.717) is 48.9 Å². The minimum absolute atomic E-state index is 0.0270. The van der Waals surface area contributed by atoms with Gasteiger partial charge in [0, 0.05) is 28.8 Å². The van der Waals surface area contributed by atoms with Crippen molar-refractivity contribution in [1.29, 1.82) is 0 Å². The molecule has 0 spiro atoms. The molecule has 2 amide bonds. The van der Waals surface area contributed by atoms with Crippen molar-refractivity contribution in [3.8, 4) is 5.75 Å². The van der Waals surface area contributed by atoms with E-state index in [1.807, 2.05) is 19.9 Å². The number of benzene rings is 2. The molecular weight excluding hydrogens is 424 g/mol. The van der Waals surface area contributed by atoms with E-state index >= 15 is 0 Å². The van der Waals surface area contributed by atoms with Crippen molar-refractivity contribution < 1.29 is 19.1 Å². The van der Waals surface area contributed by atoms with Gasteiger partial charge in [-0.05, 0) is 56.3 Å². The van der Waals surface area contributed by atoms with Gasteiger partial charge >= 0.3 is 0 Å². The molecule has 0 saturated carbocycles. The van der Waals surface area contributed by atoms with Gasteiger partial charge in [-0.3, -0.25) is 9.59 Å². The molecule has 0 aromatic heterocycles. The van der Waals surface area contributed by atoms with Gasteiger partial charge in [-0.15, -0.1) is 0 Å². The van der Waals surface area contributed by atoms with Gasteiger partial charge in [-0.25, -0.2) is 0 Å². The molecule has 6 nitrogen and oxygen atoms in total. The molecule has 0 aliphatic carbocycles. The van der Waals surface area contributed by atoms with Crippen LogP contribution in [-0.2, 0) is 4.74 Å². The average Bonchev–Trinajstić information content (AvgIpc) is 2.69.